The third-order valence-electron chi connectivity index (χ3n) is 5.66. The number of nitrogens with one attached hydrogen (secondary N) is 2. The number of amides is 1. The number of aromatic nitrogens is 2. The van der Waals surface area contributed by atoms with E-state index in [1.807, 2.05) is 50.2 Å². The van der Waals surface area contributed by atoms with Crippen LogP contribution < -0.4 is 10.6 Å². The number of methoxy groups -OCH3 is 1. The third-order valence-corrected chi connectivity index (χ3v) is 5.66. The number of carbonyl (C=O) groups is 3. The van der Waals surface area contributed by atoms with Gasteiger partial charge in [-0.2, -0.15) is 0 Å². The lowest BCUT2D eigenvalue weighted by molar-refractivity contribution is -0.140. The van der Waals surface area contributed by atoms with Crippen molar-refractivity contribution in [1.29, 1.82) is 0 Å². The van der Waals surface area contributed by atoms with E-state index in [1.54, 1.807) is 18.2 Å². The second kappa shape index (κ2) is 9.82. The van der Waals surface area contributed by atoms with E-state index in [-0.39, 0.29) is 24.7 Å². The molecule has 174 valence electrons. The first kappa shape index (κ1) is 23.1. The summed E-state index contributed by atoms with van der Waals surface area (Å²) < 4.78 is 4.93. The van der Waals surface area contributed by atoms with Crippen LogP contribution in [-0.4, -0.2) is 40.8 Å². The lowest BCUT2D eigenvalue weighted by Gasteiger charge is -2.17. The average Bonchev–Trinajstić information content (AvgIpc) is 3.18. The molecule has 0 aliphatic heterocycles. The molecular weight excluding hydrogens is 432 g/mol. The van der Waals surface area contributed by atoms with E-state index in [2.05, 4.69) is 20.6 Å². The van der Waals surface area contributed by atoms with E-state index in [0.29, 0.717) is 22.7 Å². The number of nitrogens with zero attached hydrogens (tertiary/aromatic N) is 2. The molecule has 0 saturated heterocycles. The Morgan fingerprint density at radius 3 is 2.62 bits per heavy atom. The van der Waals surface area contributed by atoms with E-state index in [9.17, 15) is 14.4 Å². The fraction of sp³-hybridized carbons (Fsp3) is 0.269. The summed E-state index contributed by atoms with van der Waals surface area (Å²) in [5, 5.41) is 6.75. The number of esters is 1. The van der Waals surface area contributed by atoms with E-state index < -0.39 is 17.9 Å². The number of rotatable bonds is 7. The summed E-state index contributed by atoms with van der Waals surface area (Å²) in [7, 11) is 1.33. The summed E-state index contributed by atoms with van der Waals surface area (Å²) in [4.78, 5) is 46.6. The fourth-order valence-electron chi connectivity index (χ4n) is 4.07. The van der Waals surface area contributed by atoms with Gasteiger partial charge < -0.3 is 15.4 Å². The van der Waals surface area contributed by atoms with Gasteiger partial charge in [-0.25, -0.2) is 14.8 Å². The van der Waals surface area contributed by atoms with Crippen LogP contribution in [0, 0.1) is 0 Å². The highest BCUT2D eigenvalue weighted by Gasteiger charge is 2.33. The van der Waals surface area contributed by atoms with Crippen molar-refractivity contribution in [3.8, 4) is 0 Å². The zero-order chi connectivity index (χ0) is 24.2. The SMILES string of the molecule is COC(=O)C(C=C(C)C)Nc1nc(CNC(=O)C2CC(=O)c3ccccc32)nc2ccccc12. The third kappa shape index (κ3) is 4.80. The molecule has 34 heavy (non-hydrogen) atoms. The number of hydrogen-bond acceptors (Lipinski definition) is 7. The minimum absolute atomic E-state index is 0.0303. The summed E-state index contributed by atoms with van der Waals surface area (Å²) in [5.74, 6) is -0.401. The Morgan fingerprint density at radius 1 is 1.12 bits per heavy atom. The maximum atomic E-state index is 12.9. The Morgan fingerprint density at radius 2 is 1.85 bits per heavy atom. The monoisotopic (exact) mass is 458 g/mol. The van der Waals surface area contributed by atoms with Gasteiger partial charge in [0.15, 0.2) is 11.6 Å². The highest BCUT2D eigenvalue weighted by atomic mass is 16.5. The highest BCUT2D eigenvalue weighted by molar-refractivity contribution is 6.06. The zero-order valence-corrected chi connectivity index (χ0v) is 19.3. The number of allylic oxidation sites excluding steroid dienone is 1. The molecule has 4 rings (SSSR count). The first-order chi connectivity index (χ1) is 16.4. The molecule has 1 aromatic heterocycles. The number of para-hydroxylation sites is 1. The summed E-state index contributed by atoms with van der Waals surface area (Å²) in [6, 6.07) is 13.9. The van der Waals surface area contributed by atoms with Crippen LogP contribution >= 0.6 is 0 Å². The van der Waals surface area contributed by atoms with Crippen molar-refractivity contribution in [3.05, 3.63) is 77.1 Å². The molecule has 1 amide bonds. The molecule has 1 aliphatic carbocycles. The van der Waals surface area contributed by atoms with Crippen molar-refractivity contribution in [3.63, 3.8) is 0 Å². The average molecular weight is 459 g/mol. The van der Waals surface area contributed by atoms with Gasteiger partial charge in [0.25, 0.3) is 0 Å². The van der Waals surface area contributed by atoms with Crippen LogP contribution in [0.3, 0.4) is 0 Å². The van der Waals surface area contributed by atoms with Gasteiger partial charge in [0.2, 0.25) is 5.91 Å². The molecule has 2 N–H and O–H groups in total. The Balaban J connectivity index is 1.58. The quantitative estimate of drug-likeness (QED) is 0.412. The van der Waals surface area contributed by atoms with Gasteiger partial charge in [0.05, 0.1) is 25.1 Å². The van der Waals surface area contributed by atoms with Gasteiger partial charge in [-0.15, -0.1) is 0 Å². The maximum absolute atomic E-state index is 12.9. The minimum Gasteiger partial charge on any atom is -0.467 e. The van der Waals surface area contributed by atoms with Crippen molar-refractivity contribution in [2.24, 2.45) is 0 Å². The van der Waals surface area contributed by atoms with Gasteiger partial charge in [-0.1, -0.05) is 48.0 Å². The van der Waals surface area contributed by atoms with E-state index in [0.717, 1.165) is 16.5 Å². The topological polar surface area (TPSA) is 110 Å². The Hall–Kier alpha value is -4.07. The number of hydrogen-bond donors (Lipinski definition) is 2. The Kier molecular flexibility index (Phi) is 6.67. The van der Waals surface area contributed by atoms with Crippen LogP contribution in [0.15, 0.2) is 60.2 Å². The summed E-state index contributed by atoms with van der Waals surface area (Å²) in [5.41, 5.74) is 2.96. The molecule has 0 spiro atoms. The molecule has 0 radical (unpaired) electrons. The van der Waals surface area contributed by atoms with Crippen LogP contribution in [0.1, 0.15) is 47.9 Å². The number of Topliss-reactive ketones (excluding diaryl/α,β-unsaturated/α-hetero) is 1. The Labute approximate surface area is 197 Å². The van der Waals surface area contributed by atoms with Crippen LogP contribution in [0.5, 0.6) is 0 Å². The van der Waals surface area contributed by atoms with Gasteiger partial charge in [-0.3, -0.25) is 9.59 Å². The number of ketones is 1. The number of carbonyl (C=O) groups excluding carboxylic acids is 3. The van der Waals surface area contributed by atoms with Gasteiger partial charge in [0, 0.05) is 17.4 Å². The molecule has 0 saturated carbocycles. The maximum Gasteiger partial charge on any atom is 0.332 e. The van der Waals surface area contributed by atoms with Crippen LogP contribution in [0.25, 0.3) is 10.9 Å². The summed E-state index contributed by atoms with van der Waals surface area (Å²) >= 11 is 0. The molecule has 2 atom stereocenters. The number of fused-ring (bicyclic) bond motifs is 2. The fourth-order valence-corrected chi connectivity index (χ4v) is 4.07. The van der Waals surface area contributed by atoms with Crippen LogP contribution in [0.4, 0.5) is 5.82 Å². The van der Waals surface area contributed by atoms with Crippen molar-refractivity contribution in [2.45, 2.75) is 38.8 Å². The van der Waals surface area contributed by atoms with Crippen LogP contribution in [0.2, 0.25) is 0 Å². The molecule has 3 aromatic rings. The largest absolute Gasteiger partial charge is 0.467 e. The number of benzene rings is 2. The van der Waals surface area contributed by atoms with E-state index in [1.165, 1.54) is 7.11 Å². The second-order valence-electron chi connectivity index (χ2n) is 8.38. The standard InChI is InChI=1S/C26H26N4O4/c1-15(2)12-21(26(33)34-3)29-24-18-10-6-7-11-20(18)28-23(30-24)14-27-25(32)19-13-22(31)17-9-5-4-8-16(17)19/h4-12,19,21H,13-14H2,1-3H3,(H,27,32)(H,28,29,30). The molecular formula is C26H26N4O4. The summed E-state index contributed by atoms with van der Waals surface area (Å²) in [6.07, 6.45) is 1.92. The lowest BCUT2D eigenvalue weighted by atomic mass is 10.0. The molecule has 2 unspecified atom stereocenters. The van der Waals surface area contributed by atoms with Crippen LogP contribution in [-0.2, 0) is 20.9 Å². The van der Waals surface area contributed by atoms with Crippen molar-refractivity contribution < 1.29 is 19.1 Å². The van der Waals surface area contributed by atoms with Crippen molar-refractivity contribution >= 4 is 34.4 Å². The predicted molar refractivity (Wildman–Crippen MR) is 128 cm³/mol. The predicted octanol–water partition coefficient (Wildman–Crippen LogP) is 3.54. The molecule has 0 fully saturated rings. The van der Waals surface area contributed by atoms with Gasteiger partial charge in [-0.05, 0) is 31.5 Å². The second-order valence-corrected chi connectivity index (χ2v) is 8.38. The smallest absolute Gasteiger partial charge is 0.332 e. The lowest BCUT2D eigenvalue weighted by Crippen LogP contribution is -2.31. The first-order valence-corrected chi connectivity index (χ1v) is 11.0. The van der Waals surface area contributed by atoms with Crippen molar-refractivity contribution in [1.82, 2.24) is 15.3 Å². The summed E-state index contributed by atoms with van der Waals surface area (Å²) in [6.45, 7) is 3.86. The first-order valence-electron chi connectivity index (χ1n) is 11.0. The number of ether oxygens (including phenoxy) is 1. The number of anilines is 1. The van der Waals surface area contributed by atoms with Crippen molar-refractivity contribution in [2.75, 3.05) is 12.4 Å². The molecule has 8 nitrogen and oxygen atoms in total. The molecule has 0 bridgehead atoms. The molecule has 1 aliphatic rings. The van der Waals surface area contributed by atoms with E-state index in [4.69, 9.17) is 4.74 Å². The normalized spacial score (nSPS) is 15.4. The minimum atomic E-state index is -0.725. The Bertz CT molecular complexity index is 1300. The van der Waals surface area contributed by atoms with E-state index >= 15 is 0 Å². The molecule has 2 aromatic carbocycles. The van der Waals surface area contributed by atoms with Gasteiger partial charge >= 0.3 is 5.97 Å². The molecule has 1 heterocycles. The van der Waals surface area contributed by atoms with Gasteiger partial charge in [0.1, 0.15) is 11.9 Å². The highest BCUT2D eigenvalue weighted by Crippen LogP contribution is 2.33. The molecule has 8 heteroatoms. The zero-order valence-electron chi connectivity index (χ0n) is 19.3.